The van der Waals surface area contributed by atoms with Gasteiger partial charge in [0.2, 0.25) is 0 Å². The summed E-state index contributed by atoms with van der Waals surface area (Å²) in [6.07, 6.45) is 4.65. The highest BCUT2D eigenvalue weighted by Crippen LogP contribution is 2.31. The van der Waals surface area contributed by atoms with E-state index in [1.165, 1.54) is 0 Å². The van der Waals surface area contributed by atoms with Crippen LogP contribution in [0.15, 0.2) is 11.5 Å². The molecule has 1 N–H and O–H groups in total. The molecule has 6 nitrogen and oxygen atoms in total. The number of rotatable bonds is 8. The minimum atomic E-state index is -0.637. The van der Waals surface area contributed by atoms with Crippen LogP contribution in [0.1, 0.15) is 40.0 Å². The lowest BCUT2D eigenvalue weighted by molar-refractivity contribution is -0.150. The second-order valence-corrected chi connectivity index (χ2v) is 7.23. The summed E-state index contributed by atoms with van der Waals surface area (Å²) < 4.78 is 7.14. The molecule has 2 unspecified atom stereocenters. The number of thioether (sulfide) groups is 1. The summed E-state index contributed by atoms with van der Waals surface area (Å²) in [6, 6.07) is 0.450. The van der Waals surface area contributed by atoms with Crippen molar-refractivity contribution in [1.29, 1.82) is 0 Å². The van der Waals surface area contributed by atoms with Gasteiger partial charge in [0.1, 0.15) is 11.9 Å². The van der Waals surface area contributed by atoms with Gasteiger partial charge in [-0.1, -0.05) is 18.7 Å². The molecule has 0 radical (unpaired) electrons. The molecule has 0 amide bonds. The Hall–Kier alpha value is -1.08. The highest BCUT2D eigenvalue weighted by molar-refractivity contribution is 7.99. The Morgan fingerprint density at radius 3 is 2.90 bits per heavy atom. The molecule has 1 aliphatic rings. The molecular formula is C14H24N4O2S. The topological polar surface area (TPSA) is 69.0 Å². The van der Waals surface area contributed by atoms with Crippen molar-refractivity contribution >= 4 is 17.7 Å². The van der Waals surface area contributed by atoms with Gasteiger partial charge in [-0.05, 0) is 33.1 Å². The van der Waals surface area contributed by atoms with Crippen LogP contribution < -0.4 is 5.32 Å². The second-order valence-electron chi connectivity index (χ2n) is 5.83. The number of nitrogens with zero attached hydrogens (tertiary/aromatic N) is 3. The van der Waals surface area contributed by atoms with E-state index in [1.54, 1.807) is 18.1 Å². The van der Waals surface area contributed by atoms with Crippen LogP contribution in [0, 0.1) is 0 Å². The first kappa shape index (κ1) is 16.3. The molecule has 0 saturated heterocycles. The number of carbonyl (C=O) groups is 1. The predicted octanol–water partition coefficient (Wildman–Crippen LogP) is 1.76. The Labute approximate surface area is 130 Å². The Morgan fingerprint density at radius 2 is 2.38 bits per heavy atom. The normalized spacial score (nSPS) is 19.0. The van der Waals surface area contributed by atoms with Gasteiger partial charge in [-0.15, -0.1) is 10.2 Å². The first-order chi connectivity index (χ1) is 9.94. The van der Waals surface area contributed by atoms with Crippen LogP contribution in [-0.2, 0) is 16.6 Å². The summed E-state index contributed by atoms with van der Waals surface area (Å²) in [7, 11) is 1.92. The Balaban J connectivity index is 1.99. The van der Waals surface area contributed by atoms with E-state index < -0.39 is 5.54 Å². The summed E-state index contributed by atoms with van der Waals surface area (Å²) in [6.45, 7) is 6.29. The molecule has 0 bridgehead atoms. The molecule has 0 spiro atoms. The monoisotopic (exact) mass is 312 g/mol. The minimum absolute atomic E-state index is 0.165. The van der Waals surface area contributed by atoms with Crippen molar-refractivity contribution in [1.82, 2.24) is 20.1 Å². The summed E-state index contributed by atoms with van der Waals surface area (Å²) in [4.78, 5) is 12.3. The van der Waals surface area contributed by atoms with Gasteiger partial charge < -0.3 is 9.30 Å². The molecule has 1 fully saturated rings. The van der Waals surface area contributed by atoms with Crippen LogP contribution in [0.3, 0.4) is 0 Å². The van der Waals surface area contributed by atoms with Crippen molar-refractivity contribution in [2.24, 2.45) is 7.05 Å². The van der Waals surface area contributed by atoms with Crippen LogP contribution in [0.25, 0.3) is 0 Å². The molecule has 2 rings (SSSR count). The van der Waals surface area contributed by atoms with Gasteiger partial charge in [-0.25, -0.2) is 0 Å². The van der Waals surface area contributed by atoms with Crippen molar-refractivity contribution in [3.63, 3.8) is 0 Å². The van der Waals surface area contributed by atoms with E-state index in [-0.39, 0.29) is 11.2 Å². The molecule has 1 aliphatic carbocycles. The van der Waals surface area contributed by atoms with E-state index >= 15 is 0 Å². The molecule has 118 valence electrons. The molecule has 1 aromatic rings. The fourth-order valence-corrected chi connectivity index (χ4v) is 3.43. The second kappa shape index (κ2) is 6.79. The Kier molecular flexibility index (Phi) is 5.27. The quantitative estimate of drug-likeness (QED) is 0.583. The van der Waals surface area contributed by atoms with Crippen LogP contribution >= 0.6 is 11.8 Å². The van der Waals surface area contributed by atoms with Crippen molar-refractivity contribution in [2.75, 3.05) is 6.61 Å². The zero-order valence-corrected chi connectivity index (χ0v) is 13.9. The van der Waals surface area contributed by atoms with Crippen LogP contribution in [0.4, 0.5) is 0 Å². The van der Waals surface area contributed by atoms with Gasteiger partial charge in [0.05, 0.1) is 6.61 Å². The molecule has 21 heavy (non-hydrogen) atoms. The van der Waals surface area contributed by atoms with Crippen LogP contribution in [0.5, 0.6) is 0 Å². The number of ether oxygens (including phenoxy) is 1. The van der Waals surface area contributed by atoms with E-state index in [2.05, 4.69) is 22.4 Å². The maximum absolute atomic E-state index is 12.3. The third kappa shape index (κ3) is 4.44. The summed E-state index contributed by atoms with van der Waals surface area (Å²) in [5.41, 5.74) is -0.637. The Morgan fingerprint density at radius 1 is 1.67 bits per heavy atom. The SMILES string of the molecule is CCOC(=O)C(C)(CC(C)Sc1nncn1C)NC1CC1. The van der Waals surface area contributed by atoms with Crippen LogP contribution in [0.2, 0.25) is 0 Å². The van der Waals surface area contributed by atoms with Gasteiger partial charge in [0.25, 0.3) is 0 Å². The molecule has 2 atom stereocenters. The predicted molar refractivity (Wildman–Crippen MR) is 82.1 cm³/mol. The maximum atomic E-state index is 12.3. The molecule has 0 aliphatic heterocycles. The number of nitrogens with one attached hydrogen (secondary N) is 1. The average molecular weight is 312 g/mol. The Bertz CT molecular complexity index is 489. The van der Waals surface area contributed by atoms with Crippen LogP contribution in [-0.4, -0.2) is 44.2 Å². The fourth-order valence-electron chi connectivity index (χ4n) is 2.35. The van der Waals surface area contributed by atoms with Gasteiger partial charge >= 0.3 is 5.97 Å². The molecule has 1 aromatic heterocycles. The first-order valence-corrected chi connectivity index (χ1v) is 8.28. The highest BCUT2D eigenvalue weighted by atomic mass is 32.2. The van der Waals surface area contributed by atoms with Gasteiger partial charge in [-0.2, -0.15) is 0 Å². The highest BCUT2D eigenvalue weighted by Gasteiger charge is 2.40. The molecule has 0 aromatic carbocycles. The largest absolute Gasteiger partial charge is 0.465 e. The smallest absolute Gasteiger partial charge is 0.326 e. The first-order valence-electron chi connectivity index (χ1n) is 7.40. The molecule has 7 heteroatoms. The lowest BCUT2D eigenvalue weighted by Crippen LogP contribution is -2.52. The third-order valence-electron chi connectivity index (χ3n) is 3.50. The van der Waals surface area contributed by atoms with E-state index in [0.29, 0.717) is 19.1 Å². The number of aryl methyl sites for hydroxylation is 1. The molecule has 1 heterocycles. The number of esters is 1. The lowest BCUT2D eigenvalue weighted by atomic mass is 9.95. The number of hydrogen-bond donors (Lipinski definition) is 1. The van der Waals surface area contributed by atoms with Gasteiger partial charge in [0.15, 0.2) is 5.16 Å². The zero-order valence-electron chi connectivity index (χ0n) is 13.1. The van der Waals surface area contributed by atoms with Crippen molar-refractivity contribution in [3.8, 4) is 0 Å². The number of hydrogen-bond acceptors (Lipinski definition) is 6. The summed E-state index contributed by atoms with van der Waals surface area (Å²) in [5, 5.41) is 12.5. The van der Waals surface area contributed by atoms with Crippen molar-refractivity contribution < 1.29 is 9.53 Å². The van der Waals surface area contributed by atoms with E-state index in [0.717, 1.165) is 18.0 Å². The zero-order chi connectivity index (χ0) is 15.5. The minimum Gasteiger partial charge on any atom is -0.465 e. The fraction of sp³-hybridized carbons (Fsp3) is 0.786. The molecule has 1 saturated carbocycles. The number of aromatic nitrogens is 3. The van der Waals surface area contributed by atoms with Crippen molar-refractivity contribution in [2.45, 2.75) is 62.0 Å². The third-order valence-corrected chi connectivity index (χ3v) is 4.65. The van der Waals surface area contributed by atoms with E-state index in [9.17, 15) is 4.79 Å². The van der Waals surface area contributed by atoms with E-state index in [1.807, 2.05) is 25.5 Å². The standard InChI is InChI=1S/C14H24N4O2S/c1-5-20-12(19)14(3,16-11-6-7-11)8-10(2)21-13-17-15-9-18(13)4/h9-11,16H,5-8H2,1-4H3. The number of carbonyl (C=O) groups excluding carboxylic acids is 1. The summed E-state index contributed by atoms with van der Waals surface area (Å²) >= 11 is 1.63. The van der Waals surface area contributed by atoms with Gasteiger partial charge in [0, 0.05) is 18.3 Å². The average Bonchev–Trinajstić information content (AvgIpc) is 3.12. The van der Waals surface area contributed by atoms with Gasteiger partial charge in [-0.3, -0.25) is 10.1 Å². The molecular weight excluding hydrogens is 288 g/mol. The maximum Gasteiger partial charge on any atom is 0.326 e. The summed E-state index contributed by atoms with van der Waals surface area (Å²) in [5.74, 6) is -0.165. The van der Waals surface area contributed by atoms with Crippen molar-refractivity contribution in [3.05, 3.63) is 6.33 Å². The lowest BCUT2D eigenvalue weighted by Gasteiger charge is -2.31. The van der Waals surface area contributed by atoms with E-state index in [4.69, 9.17) is 4.74 Å².